The number of rotatable bonds is 1. The molecule has 4 rings (SSSR count). The van der Waals surface area contributed by atoms with Crippen molar-refractivity contribution in [2.45, 2.75) is 0 Å². The second-order valence-corrected chi connectivity index (χ2v) is 5.17. The zero-order valence-corrected chi connectivity index (χ0v) is 11.5. The molecule has 6 heteroatoms. The summed E-state index contributed by atoms with van der Waals surface area (Å²) >= 11 is 5.95. The van der Waals surface area contributed by atoms with E-state index in [9.17, 15) is 4.79 Å². The number of nitrogens with one attached hydrogen (secondary N) is 3. The SMILES string of the molecule is O=c1[nH]c2cccccc-2c1-c1nc2[nH+]cc(Cl)cc2[nH]1. The van der Waals surface area contributed by atoms with Crippen LogP contribution in [0.1, 0.15) is 0 Å². The maximum atomic E-state index is 12.2. The van der Waals surface area contributed by atoms with E-state index in [4.69, 9.17) is 11.6 Å². The van der Waals surface area contributed by atoms with Gasteiger partial charge < -0.3 is 9.97 Å². The summed E-state index contributed by atoms with van der Waals surface area (Å²) in [5.74, 6) is 0.519. The summed E-state index contributed by atoms with van der Waals surface area (Å²) in [5.41, 5.74) is 3.39. The van der Waals surface area contributed by atoms with E-state index in [0.29, 0.717) is 22.1 Å². The predicted molar refractivity (Wildman–Crippen MR) is 80.3 cm³/mol. The van der Waals surface area contributed by atoms with Crippen LogP contribution in [0, 0.1) is 0 Å². The first-order valence-electron chi connectivity index (χ1n) is 6.41. The molecule has 0 radical (unpaired) electrons. The molecule has 0 aromatic carbocycles. The highest BCUT2D eigenvalue weighted by Crippen LogP contribution is 2.28. The van der Waals surface area contributed by atoms with Crippen molar-refractivity contribution in [3.63, 3.8) is 0 Å². The summed E-state index contributed by atoms with van der Waals surface area (Å²) in [6.45, 7) is 0. The van der Waals surface area contributed by atoms with Gasteiger partial charge in [0.05, 0.1) is 5.02 Å². The Morgan fingerprint density at radius 3 is 2.90 bits per heavy atom. The first-order chi connectivity index (χ1) is 10.2. The highest BCUT2D eigenvalue weighted by molar-refractivity contribution is 6.30. The molecule has 0 amide bonds. The maximum Gasteiger partial charge on any atom is 0.347 e. The van der Waals surface area contributed by atoms with Gasteiger partial charge >= 0.3 is 5.65 Å². The van der Waals surface area contributed by atoms with Gasteiger partial charge in [0, 0.05) is 11.3 Å². The van der Waals surface area contributed by atoms with Crippen LogP contribution in [-0.2, 0) is 0 Å². The summed E-state index contributed by atoms with van der Waals surface area (Å²) in [7, 11) is 0. The molecule has 3 N–H and O–H groups in total. The Balaban J connectivity index is 2.02. The molecule has 0 saturated heterocycles. The number of aromatic nitrogens is 4. The number of nitrogens with zero attached hydrogens (tertiary/aromatic N) is 1. The quantitative estimate of drug-likeness (QED) is 0.566. The van der Waals surface area contributed by atoms with E-state index in [2.05, 4.69) is 19.9 Å². The molecule has 0 spiro atoms. The third-order valence-electron chi connectivity index (χ3n) is 3.38. The highest BCUT2D eigenvalue weighted by atomic mass is 35.5. The molecule has 0 unspecified atom stereocenters. The van der Waals surface area contributed by atoms with Crippen LogP contribution in [0.5, 0.6) is 0 Å². The molecule has 2 aliphatic rings. The van der Waals surface area contributed by atoms with E-state index in [1.165, 1.54) is 0 Å². The molecule has 3 heterocycles. The Labute approximate surface area is 124 Å². The summed E-state index contributed by atoms with van der Waals surface area (Å²) in [6, 6.07) is 11.2. The molecule has 0 fully saturated rings. The first kappa shape index (κ1) is 12.1. The Hall–Kier alpha value is -2.66. The van der Waals surface area contributed by atoms with E-state index in [0.717, 1.165) is 16.8 Å². The number of H-pyrrole nitrogens is 3. The van der Waals surface area contributed by atoms with Gasteiger partial charge in [0.25, 0.3) is 11.4 Å². The van der Waals surface area contributed by atoms with Crippen molar-refractivity contribution in [2.75, 3.05) is 0 Å². The second kappa shape index (κ2) is 4.43. The normalized spacial score (nSPS) is 11.3. The molecule has 102 valence electrons. The highest BCUT2D eigenvalue weighted by Gasteiger charge is 2.23. The Bertz CT molecular complexity index is 988. The van der Waals surface area contributed by atoms with E-state index < -0.39 is 0 Å². The minimum Gasteiger partial charge on any atom is -0.321 e. The molecule has 21 heavy (non-hydrogen) atoms. The monoisotopic (exact) mass is 297 g/mol. The number of hydrogen-bond donors (Lipinski definition) is 2. The van der Waals surface area contributed by atoms with Crippen LogP contribution in [-0.4, -0.2) is 15.0 Å². The maximum absolute atomic E-state index is 12.2. The fraction of sp³-hybridized carbons (Fsp3) is 0. The molecule has 0 saturated carbocycles. The van der Waals surface area contributed by atoms with Crippen molar-refractivity contribution in [1.82, 2.24) is 15.0 Å². The Kier molecular flexibility index (Phi) is 2.55. The van der Waals surface area contributed by atoms with Crippen LogP contribution in [0.3, 0.4) is 0 Å². The average molecular weight is 298 g/mol. The summed E-state index contributed by atoms with van der Waals surface area (Å²) in [4.78, 5) is 25.6. The minimum absolute atomic E-state index is 0.165. The van der Waals surface area contributed by atoms with Gasteiger partial charge in [-0.25, -0.2) is 4.98 Å². The van der Waals surface area contributed by atoms with Crippen LogP contribution >= 0.6 is 11.6 Å². The summed E-state index contributed by atoms with van der Waals surface area (Å²) in [6.07, 6.45) is 1.65. The Morgan fingerprint density at radius 1 is 1.14 bits per heavy atom. The number of halogens is 1. The molecular formula is C15H10ClN4O+. The molecule has 1 aliphatic heterocycles. The average Bonchev–Trinajstić information content (AvgIpc) is 2.91. The van der Waals surface area contributed by atoms with Gasteiger partial charge in [-0.1, -0.05) is 35.9 Å². The zero-order chi connectivity index (χ0) is 14.4. The fourth-order valence-corrected chi connectivity index (χ4v) is 2.62. The molecule has 5 nitrogen and oxygen atoms in total. The number of hydrogen-bond acceptors (Lipinski definition) is 2. The largest absolute Gasteiger partial charge is 0.347 e. The fourth-order valence-electron chi connectivity index (χ4n) is 2.45. The standard InChI is InChI=1S/C15H9ClN4O/c16-8-6-11-13(17-7-8)20-14(18-11)12-9-4-2-1-3-5-10(9)19-15(12)21/h1-7H,(H,19,21)(H,17,18,20)/p+1. The predicted octanol–water partition coefficient (Wildman–Crippen LogP) is 2.49. The first-order valence-corrected chi connectivity index (χ1v) is 6.78. The number of aromatic amines is 3. The van der Waals surface area contributed by atoms with Crippen molar-refractivity contribution >= 4 is 22.8 Å². The second-order valence-electron chi connectivity index (χ2n) is 4.73. The lowest BCUT2D eigenvalue weighted by molar-refractivity contribution is -0.347. The minimum atomic E-state index is -0.165. The molecular weight excluding hydrogens is 288 g/mol. The van der Waals surface area contributed by atoms with Crippen molar-refractivity contribution in [3.8, 4) is 22.6 Å². The van der Waals surface area contributed by atoms with Gasteiger partial charge in [0.2, 0.25) is 0 Å². The third-order valence-corrected chi connectivity index (χ3v) is 3.60. The van der Waals surface area contributed by atoms with E-state index in [1.54, 1.807) is 12.3 Å². The number of pyridine rings is 1. The summed E-state index contributed by atoms with van der Waals surface area (Å²) in [5, 5.41) is 0.574. The molecule has 0 atom stereocenters. The lowest BCUT2D eigenvalue weighted by atomic mass is 10.1. The molecule has 2 aromatic rings. The smallest absolute Gasteiger partial charge is 0.321 e. The van der Waals surface area contributed by atoms with E-state index in [1.807, 2.05) is 30.3 Å². The van der Waals surface area contributed by atoms with Crippen molar-refractivity contribution in [1.29, 1.82) is 0 Å². The van der Waals surface area contributed by atoms with Gasteiger partial charge in [-0.2, -0.15) is 0 Å². The number of fused-ring (bicyclic) bond motifs is 2. The van der Waals surface area contributed by atoms with Crippen LogP contribution < -0.4 is 10.5 Å². The molecule has 2 aromatic heterocycles. The van der Waals surface area contributed by atoms with Crippen molar-refractivity contribution in [2.24, 2.45) is 0 Å². The van der Waals surface area contributed by atoms with E-state index in [-0.39, 0.29) is 5.56 Å². The van der Waals surface area contributed by atoms with Gasteiger partial charge in [-0.15, -0.1) is 0 Å². The van der Waals surface area contributed by atoms with Gasteiger partial charge in [-0.05, 0) is 17.1 Å². The summed E-state index contributed by atoms with van der Waals surface area (Å²) < 4.78 is 0. The van der Waals surface area contributed by atoms with Crippen LogP contribution in [0.15, 0.2) is 47.4 Å². The number of imidazole rings is 1. The van der Waals surface area contributed by atoms with Gasteiger partial charge in [0.15, 0.2) is 0 Å². The lowest BCUT2D eigenvalue weighted by Gasteiger charge is -1.91. The van der Waals surface area contributed by atoms with Crippen LogP contribution in [0.2, 0.25) is 5.02 Å². The molecule has 0 bridgehead atoms. The van der Waals surface area contributed by atoms with Crippen molar-refractivity contribution in [3.05, 3.63) is 58.0 Å². The van der Waals surface area contributed by atoms with Crippen LogP contribution in [0.4, 0.5) is 0 Å². The lowest BCUT2D eigenvalue weighted by Crippen LogP contribution is -2.03. The van der Waals surface area contributed by atoms with Crippen molar-refractivity contribution < 1.29 is 4.98 Å². The Morgan fingerprint density at radius 2 is 2.00 bits per heavy atom. The van der Waals surface area contributed by atoms with E-state index >= 15 is 0 Å². The van der Waals surface area contributed by atoms with Gasteiger partial charge in [0.1, 0.15) is 17.3 Å². The zero-order valence-electron chi connectivity index (χ0n) is 10.8. The third kappa shape index (κ3) is 1.90. The van der Waals surface area contributed by atoms with Crippen LogP contribution in [0.25, 0.3) is 33.8 Å². The van der Waals surface area contributed by atoms with Gasteiger partial charge in [-0.3, -0.25) is 4.79 Å². The topological polar surface area (TPSA) is 75.7 Å². The molecule has 1 aliphatic carbocycles.